The second kappa shape index (κ2) is 8.43. The summed E-state index contributed by atoms with van der Waals surface area (Å²) in [5, 5.41) is 5.18. The molecule has 2 unspecified atom stereocenters. The SMILES string of the molecule is CCOC(=O)C(Cc1c(C2CCn3c2c(C)c2ccccc23)[nH]c2ccccc12)NC(C)=O. The minimum absolute atomic E-state index is 0.194. The van der Waals surface area contributed by atoms with Gasteiger partial charge in [0.25, 0.3) is 0 Å². The first-order chi connectivity index (χ1) is 16.0. The summed E-state index contributed by atoms with van der Waals surface area (Å²) in [6.07, 6.45) is 1.37. The molecule has 0 spiro atoms. The van der Waals surface area contributed by atoms with E-state index in [2.05, 4.69) is 58.2 Å². The number of aryl methyl sites for hydroxylation is 2. The van der Waals surface area contributed by atoms with Gasteiger partial charge < -0.3 is 19.6 Å². The van der Waals surface area contributed by atoms with Crippen LogP contribution in [0.3, 0.4) is 0 Å². The van der Waals surface area contributed by atoms with E-state index >= 15 is 0 Å². The molecule has 0 bridgehead atoms. The Morgan fingerprint density at radius 3 is 2.64 bits per heavy atom. The van der Waals surface area contributed by atoms with Gasteiger partial charge in [-0.1, -0.05) is 36.4 Å². The van der Waals surface area contributed by atoms with Crippen molar-refractivity contribution in [2.75, 3.05) is 6.61 Å². The number of ether oxygens (including phenoxy) is 1. The van der Waals surface area contributed by atoms with Crippen molar-refractivity contribution in [3.8, 4) is 0 Å². The highest BCUT2D eigenvalue weighted by molar-refractivity contribution is 5.89. The Morgan fingerprint density at radius 2 is 1.88 bits per heavy atom. The Hall–Kier alpha value is -3.54. The van der Waals surface area contributed by atoms with E-state index in [0.717, 1.165) is 35.1 Å². The quantitative estimate of drug-likeness (QED) is 0.429. The highest BCUT2D eigenvalue weighted by atomic mass is 16.5. The van der Waals surface area contributed by atoms with Crippen molar-refractivity contribution in [3.63, 3.8) is 0 Å². The molecular weight excluding hydrogens is 414 g/mol. The number of H-pyrrole nitrogens is 1. The Bertz CT molecular complexity index is 1360. The first-order valence-corrected chi connectivity index (χ1v) is 11.6. The van der Waals surface area contributed by atoms with Gasteiger partial charge in [-0.25, -0.2) is 4.79 Å². The van der Waals surface area contributed by atoms with Gasteiger partial charge in [0.05, 0.1) is 6.61 Å². The van der Waals surface area contributed by atoms with E-state index < -0.39 is 12.0 Å². The Kier molecular flexibility index (Phi) is 5.44. The van der Waals surface area contributed by atoms with Crippen LogP contribution in [0.25, 0.3) is 21.8 Å². The normalized spacial score (nSPS) is 16.2. The van der Waals surface area contributed by atoms with Crippen LogP contribution < -0.4 is 5.32 Å². The molecule has 1 aliphatic rings. The fourth-order valence-corrected chi connectivity index (χ4v) is 5.49. The molecule has 0 radical (unpaired) electrons. The van der Waals surface area contributed by atoms with Gasteiger partial charge in [-0.05, 0) is 43.5 Å². The smallest absolute Gasteiger partial charge is 0.328 e. The Morgan fingerprint density at radius 1 is 1.15 bits per heavy atom. The number of benzene rings is 2. The van der Waals surface area contributed by atoms with Gasteiger partial charge in [0.15, 0.2) is 0 Å². The predicted octanol–water partition coefficient (Wildman–Crippen LogP) is 4.58. The van der Waals surface area contributed by atoms with E-state index in [1.165, 1.54) is 29.1 Å². The standard InChI is InChI=1S/C27H29N3O3/c1-4-33-27(32)23(28-17(3)31)15-21-19-10-5-7-11-22(19)29-25(21)20-13-14-30-24-12-8-6-9-18(24)16(2)26(20)30/h5-12,20,23,29H,4,13-15H2,1-3H3,(H,28,31). The van der Waals surface area contributed by atoms with E-state index in [-0.39, 0.29) is 18.4 Å². The van der Waals surface area contributed by atoms with E-state index in [9.17, 15) is 9.59 Å². The number of fused-ring (bicyclic) bond motifs is 4. The van der Waals surface area contributed by atoms with Crippen LogP contribution in [-0.4, -0.2) is 34.1 Å². The monoisotopic (exact) mass is 443 g/mol. The average molecular weight is 444 g/mol. The number of nitrogens with zero attached hydrogens (tertiary/aromatic N) is 1. The van der Waals surface area contributed by atoms with E-state index in [1.807, 2.05) is 12.1 Å². The van der Waals surface area contributed by atoms with E-state index in [4.69, 9.17) is 4.74 Å². The number of hydrogen-bond donors (Lipinski definition) is 2. The molecule has 2 aromatic heterocycles. The minimum Gasteiger partial charge on any atom is -0.464 e. The van der Waals surface area contributed by atoms with Gasteiger partial charge >= 0.3 is 5.97 Å². The van der Waals surface area contributed by atoms with Crippen LogP contribution in [0.4, 0.5) is 0 Å². The molecule has 0 aliphatic carbocycles. The number of aromatic nitrogens is 2. The molecule has 2 N–H and O–H groups in total. The topological polar surface area (TPSA) is 76.1 Å². The van der Waals surface area contributed by atoms with Crippen LogP contribution in [0.15, 0.2) is 48.5 Å². The highest BCUT2D eigenvalue weighted by Gasteiger charge is 2.33. The van der Waals surface area contributed by atoms with Crippen LogP contribution in [-0.2, 0) is 27.3 Å². The molecule has 5 rings (SSSR count). The fraction of sp³-hybridized carbons (Fsp3) is 0.333. The molecule has 0 saturated heterocycles. The lowest BCUT2D eigenvalue weighted by molar-refractivity contribution is -0.147. The third-order valence-corrected chi connectivity index (χ3v) is 6.80. The maximum absolute atomic E-state index is 12.7. The molecule has 6 nitrogen and oxygen atoms in total. The van der Waals surface area contributed by atoms with Crippen molar-refractivity contribution >= 4 is 33.7 Å². The van der Waals surface area contributed by atoms with Gasteiger partial charge in [0.1, 0.15) is 6.04 Å². The molecule has 3 heterocycles. The number of aromatic amines is 1. The molecule has 1 amide bonds. The van der Waals surface area contributed by atoms with Crippen molar-refractivity contribution in [1.29, 1.82) is 0 Å². The molecule has 6 heteroatoms. The maximum atomic E-state index is 12.7. The molecule has 2 atom stereocenters. The molecule has 2 aromatic carbocycles. The lowest BCUT2D eigenvalue weighted by Gasteiger charge is -2.19. The van der Waals surface area contributed by atoms with Gasteiger partial charge in [0.2, 0.25) is 5.91 Å². The summed E-state index contributed by atoms with van der Waals surface area (Å²) < 4.78 is 7.71. The average Bonchev–Trinajstić information content (AvgIpc) is 3.47. The van der Waals surface area contributed by atoms with Crippen LogP contribution in [0.1, 0.15) is 48.7 Å². The van der Waals surface area contributed by atoms with Crippen molar-refractivity contribution in [3.05, 3.63) is 71.0 Å². The first-order valence-electron chi connectivity index (χ1n) is 11.6. The number of esters is 1. The Balaban J connectivity index is 1.63. The van der Waals surface area contributed by atoms with E-state index in [0.29, 0.717) is 6.42 Å². The van der Waals surface area contributed by atoms with Crippen molar-refractivity contribution in [2.45, 2.75) is 52.1 Å². The van der Waals surface area contributed by atoms with Gasteiger partial charge in [-0.15, -0.1) is 0 Å². The second-order valence-electron chi connectivity index (χ2n) is 8.79. The zero-order chi connectivity index (χ0) is 23.1. The summed E-state index contributed by atoms with van der Waals surface area (Å²) in [6.45, 7) is 6.64. The number of carbonyl (C=O) groups excluding carboxylic acids is 2. The third-order valence-electron chi connectivity index (χ3n) is 6.80. The second-order valence-corrected chi connectivity index (χ2v) is 8.79. The van der Waals surface area contributed by atoms with Crippen molar-refractivity contribution in [1.82, 2.24) is 14.9 Å². The van der Waals surface area contributed by atoms with Crippen molar-refractivity contribution in [2.24, 2.45) is 0 Å². The number of nitrogens with one attached hydrogen (secondary N) is 2. The number of amides is 1. The van der Waals surface area contributed by atoms with Gasteiger partial charge in [-0.2, -0.15) is 0 Å². The van der Waals surface area contributed by atoms with Gasteiger partial charge in [-0.3, -0.25) is 4.79 Å². The fourth-order valence-electron chi connectivity index (χ4n) is 5.49. The van der Waals surface area contributed by atoms with Crippen LogP contribution >= 0.6 is 0 Å². The summed E-state index contributed by atoms with van der Waals surface area (Å²) in [5.41, 5.74) is 7.15. The number of carbonyl (C=O) groups is 2. The third kappa shape index (κ3) is 3.59. The predicted molar refractivity (Wildman–Crippen MR) is 129 cm³/mol. The molecule has 0 saturated carbocycles. The van der Waals surface area contributed by atoms with Crippen molar-refractivity contribution < 1.29 is 14.3 Å². The molecule has 33 heavy (non-hydrogen) atoms. The van der Waals surface area contributed by atoms with Crippen LogP contribution in [0.5, 0.6) is 0 Å². The number of hydrogen-bond acceptors (Lipinski definition) is 3. The highest BCUT2D eigenvalue weighted by Crippen LogP contribution is 2.43. The Labute approximate surface area is 192 Å². The number of para-hydroxylation sites is 2. The lowest BCUT2D eigenvalue weighted by atomic mass is 9.91. The molecular formula is C27H29N3O3. The molecule has 1 aliphatic heterocycles. The largest absolute Gasteiger partial charge is 0.464 e. The minimum atomic E-state index is -0.728. The van der Waals surface area contributed by atoms with Crippen LogP contribution in [0.2, 0.25) is 0 Å². The first kappa shape index (κ1) is 21.3. The summed E-state index contributed by atoms with van der Waals surface area (Å²) in [4.78, 5) is 28.2. The lowest BCUT2D eigenvalue weighted by Crippen LogP contribution is -2.42. The van der Waals surface area contributed by atoms with Crippen LogP contribution in [0, 0.1) is 6.92 Å². The maximum Gasteiger partial charge on any atom is 0.328 e. The zero-order valence-corrected chi connectivity index (χ0v) is 19.3. The molecule has 4 aromatic rings. The summed E-state index contributed by atoms with van der Waals surface area (Å²) in [5.74, 6) is -0.452. The van der Waals surface area contributed by atoms with Gasteiger partial charge in [0, 0.05) is 59.0 Å². The summed E-state index contributed by atoms with van der Waals surface area (Å²) in [7, 11) is 0. The summed E-state index contributed by atoms with van der Waals surface area (Å²) in [6, 6.07) is 16.0. The van der Waals surface area contributed by atoms with E-state index in [1.54, 1.807) is 6.92 Å². The molecule has 170 valence electrons. The summed E-state index contributed by atoms with van der Waals surface area (Å²) >= 11 is 0. The molecule has 0 fully saturated rings. The zero-order valence-electron chi connectivity index (χ0n) is 19.3. The number of rotatable bonds is 6.